The molecule has 68 valence electrons. The number of halogens is 1. The van der Waals surface area contributed by atoms with Crippen LogP contribution in [0.3, 0.4) is 0 Å². The van der Waals surface area contributed by atoms with E-state index in [1.165, 1.54) is 25.7 Å². The van der Waals surface area contributed by atoms with Crippen molar-refractivity contribution in [2.45, 2.75) is 46.5 Å². The smallest absolute Gasteiger partial charge is 0.0254 e. The van der Waals surface area contributed by atoms with Gasteiger partial charge in [0.1, 0.15) is 0 Å². The molecule has 0 nitrogen and oxygen atoms in total. The molecule has 0 saturated carbocycles. The molecule has 0 radical (unpaired) electrons. The molecule has 0 amide bonds. The molecule has 11 heavy (non-hydrogen) atoms. The van der Waals surface area contributed by atoms with Gasteiger partial charge in [0.05, 0.1) is 0 Å². The van der Waals surface area contributed by atoms with Crippen molar-refractivity contribution in [1.82, 2.24) is 0 Å². The van der Waals surface area contributed by atoms with Crippen LogP contribution in [0.1, 0.15) is 46.5 Å². The minimum atomic E-state index is 0.751. The molecule has 0 rings (SSSR count). The summed E-state index contributed by atoms with van der Waals surface area (Å²) in [6, 6.07) is 0. The van der Waals surface area contributed by atoms with Crippen LogP contribution in [0.4, 0.5) is 0 Å². The van der Waals surface area contributed by atoms with Gasteiger partial charge in [-0.05, 0) is 18.3 Å². The average Bonchev–Trinajstić information content (AvgIpc) is 2.00. The quantitative estimate of drug-likeness (QED) is 0.535. The Hall–Kier alpha value is 0.290. The second kappa shape index (κ2) is 6.97. The van der Waals surface area contributed by atoms with Gasteiger partial charge in [0.2, 0.25) is 0 Å². The molecule has 0 aromatic heterocycles. The Morgan fingerprint density at radius 2 is 1.64 bits per heavy atom. The van der Waals surface area contributed by atoms with Crippen molar-refractivity contribution in [2.75, 3.05) is 5.88 Å². The van der Waals surface area contributed by atoms with E-state index in [-0.39, 0.29) is 0 Å². The lowest BCUT2D eigenvalue weighted by molar-refractivity contribution is 0.343. The van der Waals surface area contributed by atoms with Gasteiger partial charge in [-0.25, -0.2) is 0 Å². The molecule has 1 heteroatoms. The highest BCUT2D eigenvalue weighted by atomic mass is 35.5. The summed E-state index contributed by atoms with van der Waals surface area (Å²) >= 11 is 5.88. The molecule has 0 aliphatic heterocycles. The third-order valence-corrected chi connectivity index (χ3v) is 2.80. The van der Waals surface area contributed by atoms with E-state index < -0.39 is 0 Å². The van der Waals surface area contributed by atoms with Crippen LogP contribution in [0, 0.1) is 11.8 Å². The van der Waals surface area contributed by atoms with Crippen LogP contribution in [-0.2, 0) is 0 Å². The average molecular weight is 177 g/mol. The lowest BCUT2D eigenvalue weighted by Gasteiger charge is -2.20. The van der Waals surface area contributed by atoms with Gasteiger partial charge in [-0.1, -0.05) is 40.0 Å². The van der Waals surface area contributed by atoms with Gasteiger partial charge in [-0.2, -0.15) is 0 Å². The van der Waals surface area contributed by atoms with Crippen LogP contribution >= 0.6 is 11.6 Å². The van der Waals surface area contributed by atoms with E-state index in [4.69, 9.17) is 11.6 Å². The third kappa shape index (κ3) is 4.68. The summed E-state index contributed by atoms with van der Waals surface area (Å²) in [5, 5.41) is 0. The van der Waals surface area contributed by atoms with Crippen LogP contribution < -0.4 is 0 Å². The Bertz CT molecular complexity index is 80.9. The Morgan fingerprint density at radius 3 is 2.00 bits per heavy atom. The maximum atomic E-state index is 5.88. The van der Waals surface area contributed by atoms with E-state index in [1.807, 2.05) is 0 Å². The van der Waals surface area contributed by atoms with Gasteiger partial charge in [0.25, 0.3) is 0 Å². The zero-order valence-electron chi connectivity index (χ0n) is 8.07. The summed E-state index contributed by atoms with van der Waals surface area (Å²) in [4.78, 5) is 0. The molecule has 0 aliphatic carbocycles. The summed E-state index contributed by atoms with van der Waals surface area (Å²) in [5.41, 5.74) is 0. The summed E-state index contributed by atoms with van der Waals surface area (Å²) in [7, 11) is 0. The molecular formula is C10H21Cl. The van der Waals surface area contributed by atoms with Crippen molar-refractivity contribution in [2.24, 2.45) is 11.8 Å². The summed E-state index contributed by atoms with van der Waals surface area (Å²) < 4.78 is 0. The van der Waals surface area contributed by atoms with Crippen molar-refractivity contribution in [3.8, 4) is 0 Å². The Kier molecular flexibility index (Phi) is 7.15. The van der Waals surface area contributed by atoms with E-state index in [2.05, 4.69) is 20.8 Å². The molecule has 0 aromatic rings. The first-order valence-electron chi connectivity index (χ1n) is 4.82. The first-order chi connectivity index (χ1) is 5.26. The monoisotopic (exact) mass is 176 g/mol. The normalized spacial score (nSPS) is 16.4. The van der Waals surface area contributed by atoms with E-state index in [1.54, 1.807) is 0 Å². The van der Waals surface area contributed by atoms with Gasteiger partial charge in [-0.15, -0.1) is 11.6 Å². The SMILES string of the molecule is CCCC(C)C(CCl)CCC. The van der Waals surface area contributed by atoms with Crippen molar-refractivity contribution < 1.29 is 0 Å². The highest BCUT2D eigenvalue weighted by Crippen LogP contribution is 2.22. The Labute approximate surface area is 76.3 Å². The van der Waals surface area contributed by atoms with Crippen molar-refractivity contribution in [3.63, 3.8) is 0 Å². The van der Waals surface area contributed by atoms with Crippen molar-refractivity contribution >= 4 is 11.6 Å². The molecule has 0 aromatic carbocycles. The molecule has 0 heterocycles. The van der Waals surface area contributed by atoms with Gasteiger partial charge >= 0.3 is 0 Å². The molecule has 0 aliphatic rings. The number of hydrogen-bond acceptors (Lipinski definition) is 0. The zero-order valence-corrected chi connectivity index (χ0v) is 8.82. The number of hydrogen-bond donors (Lipinski definition) is 0. The van der Waals surface area contributed by atoms with E-state index in [0.29, 0.717) is 0 Å². The molecule has 0 spiro atoms. The fraction of sp³-hybridized carbons (Fsp3) is 1.00. The predicted octanol–water partition coefficient (Wildman–Crippen LogP) is 4.08. The Morgan fingerprint density at radius 1 is 1.09 bits per heavy atom. The maximum absolute atomic E-state index is 5.88. The van der Waals surface area contributed by atoms with Crippen LogP contribution in [0.5, 0.6) is 0 Å². The fourth-order valence-corrected chi connectivity index (χ4v) is 2.03. The van der Waals surface area contributed by atoms with Gasteiger partial charge in [-0.3, -0.25) is 0 Å². The van der Waals surface area contributed by atoms with Crippen LogP contribution in [0.25, 0.3) is 0 Å². The van der Waals surface area contributed by atoms with Crippen LogP contribution in [0.2, 0.25) is 0 Å². The third-order valence-electron chi connectivity index (χ3n) is 2.41. The van der Waals surface area contributed by atoms with Gasteiger partial charge < -0.3 is 0 Å². The van der Waals surface area contributed by atoms with Crippen LogP contribution in [-0.4, -0.2) is 5.88 Å². The van der Waals surface area contributed by atoms with Gasteiger partial charge in [0, 0.05) is 5.88 Å². The van der Waals surface area contributed by atoms with Crippen molar-refractivity contribution in [1.29, 1.82) is 0 Å². The molecule has 0 N–H and O–H groups in total. The number of alkyl halides is 1. The van der Waals surface area contributed by atoms with E-state index in [9.17, 15) is 0 Å². The highest BCUT2D eigenvalue weighted by molar-refractivity contribution is 6.18. The minimum absolute atomic E-state index is 0.751. The standard InChI is InChI=1S/C10H21Cl/c1-4-6-9(3)10(8-11)7-5-2/h9-10H,4-8H2,1-3H3. The molecule has 0 saturated heterocycles. The van der Waals surface area contributed by atoms with E-state index >= 15 is 0 Å². The largest absolute Gasteiger partial charge is 0.126 e. The summed E-state index contributed by atoms with van der Waals surface area (Å²) in [6.45, 7) is 6.80. The van der Waals surface area contributed by atoms with Gasteiger partial charge in [0.15, 0.2) is 0 Å². The summed E-state index contributed by atoms with van der Waals surface area (Å²) in [5.74, 6) is 2.41. The second-order valence-electron chi connectivity index (χ2n) is 3.47. The molecular weight excluding hydrogens is 156 g/mol. The lowest BCUT2D eigenvalue weighted by atomic mass is 9.88. The molecule has 0 bridgehead atoms. The second-order valence-corrected chi connectivity index (χ2v) is 3.78. The van der Waals surface area contributed by atoms with Crippen molar-refractivity contribution in [3.05, 3.63) is 0 Å². The predicted molar refractivity (Wildman–Crippen MR) is 53.2 cm³/mol. The first-order valence-corrected chi connectivity index (χ1v) is 5.35. The molecule has 2 atom stereocenters. The number of rotatable bonds is 6. The lowest BCUT2D eigenvalue weighted by Crippen LogP contribution is -2.12. The van der Waals surface area contributed by atoms with Crippen LogP contribution in [0.15, 0.2) is 0 Å². The Balaban J connectivity index is 3.61. The first kappa shape index (κ1) is 11.3. The zero-order chi connectivity index (χ0) is 8.69. The maximum Gasteiger partial charge on any atom is 0.0254 e. The summed E-state index contributed by atoms with van der Waals surface area (Å²) in [6.07, 6.45) is 5.19. The minimum Gasteiger partial charge on any atom is -0.126 e. The molecule has 2 unspecified atom stereocenters. The topological polar surface area (TPSA) is 0 Å². The van der Waals surface area contributed by atoms with E-state index in [0.717, 1.165) is 17.7 Å². The fourth-order valence-electron chi connectivity index (χ4n) is 1.58. The molecule has 0 fully saturated rings. The highest BCUT2D eigenvalue weighted by Gasteiger charge is 2.13.